The van der Waals surface area contributed by atoms with Crippen molar-refractivity contribution in [1.29, 1.82) is 0 Å². The molecule has 4 aromatic carbocycles. The zero-order chi connectivity index (χ0) is 23.2. The Morgan fingerprint density at radius 2 is 1.48 bits per heavy atom. The first-order valence-electron chi connectivity index (χ1n) is 10.5. The molecule has 3 N–H and O–H groups in total. The van der Waals surface area contributed by atoms with Gasteiger partial charge in [0.1, 0.15) is 5.75 Å². The van der Waals surface area contributed by atoms with Gasteiger partial charge >= 0.3 is 0 Å². The average molecular weight is 437 g/mol. The Labute approximate surface area is 191 Å². The minimum absolute atomic E-state index is 0.00705. The minimum atomic E-state index is -0.549. The van der Waals surface area contributed by atoms with Crippen LogP contribution in [0.15, 0.2) is 96.1 Å². The maximum absolute atomic E-state index is 12.6. The Hall–Kier alpha value is -4.45. The number of nitrogens with zero attached hydrogens (tertiary/aromatic N) is 1. The molecule has 0 aliphatic carbocycles. The van der Waals surface area contributed by atoms with E-state index in [9.17, 15) is 14.7 Å². The number of nitrogens with one attached hydrogen (secondary N) is 2. The van der Waals surface area contributed by atoms with Crippen molar-refractivity contribution in [1.82, 2.24) is 5.43 Å². The molecule has 0 spiro atoms. The lowest BCUT2D eigenvalue weighted by Crippen LogP contribution is -2.21. The van der Waals surface area contributed by atoms with Gasteiger partial charge < -0.3 is 10.4 Å². The van der Waals surface area contributed by atoms with E-state index in [1.54, 1.807) is 19.1 Å². The molecule has 4 rings (SSSR count). The molecule has 0 fully saturated rings. The van der Waals surface area contributed by atoms with Crippen LogP contribution in [0.1, 0.15) is 23.7 Å². The third-order valence-electron chi connectivity index (χ3n) is 5.16. The number of hydrazone groups is 1. The van der Waals surface area contributed by atoms with Crippen LogP contribution in [0.2, 0.25) is 0 Å². The van der Waals surface area contributed by atoms with Gasteiger partial charge in [-0.15, -0.1) is 0 Å². The first-order valence-corrected chi connectivity index (χ1v) is 10.5. The van der Waals surface area contributed by atoms with E-state index in [-0.39, 0.29) is 23.6 Å². The highest BCUT2D eigenvalue weighted by Gasteiger charge is 2.13. The molecule has 0 aliphatic heterocycles. The van der Waals surface area contributed by atoms with Crippen molar-refractivity contribution in [2.75, 3.05) is 5.32 Å². The Balaban J connectivity index is 1.41. The van der Waals surface area contributed by atoms with E-state index in [1.165, 1.54) is 0 Å². The van der Waals surface area contributed by atoms with Gasteiger partial charge in [0.2, 0.25) is 5.91 Å². The van der Waals surface area contributed by atoms with Gasteiger partial charge in [-0.25, -0.2) is 5.43 Å². The Kier molecular flexibility index (Phi) is 6.45. The number of amides is 2. The third-order valence-corrected chi connectivity index (χ3v) is 5.16. The summed E-state index contributed by atoms with van der Waals surface area (Å²) in [5.41, 5.74) is 5.59. The molecule has 0 saturated heterocycles. The van der Waals surface area contributed by atoms with E-state index >= 15 is 0 Å². The van der Waals surface area contributed by atoms with Crippen LogP contribution in [-0.2, 0) is 4.79 Å². The van der Waals surface area contributed by atoms with Crippen LogP contribution in [-0.4, -0.2) is 22.6 Å². The van der Waals surface area contributed by atoms with Crippen molar-refractivity contribution < 1.29 is 14.7 Å². The second-order valence-electron chi connectivity index (χ2n) is 7.64. The number of para-hydroxylation sites is 1. The number of aromatic hydroxyl groups is 1. The first kappa shape index (κ1) is 21.8. The van der Waals surface area contributed by atoms with Gasteiger partial charge in [-0.3, -0.25) is 9.59 Å². The van der Waals surface area contributed by atoms with Crippen LogP contribution >= 0.6 is 0 Å². The molecule has 0 aliphatic rings. The second-order valence-corrected chi connectivity index (χ2v) is 7.64. The number of carbonyl (C=O) groups excluding carboxylic acids is 2. The summed E-state index contributed by atoms with van der Waals surface area (Å²) in [4.78, 5) is 25.1. The Morgan fingerprint density at radius 3 is 2.24 bits per heavy atom. The molecule has 0 unspecified atom stereocenters. The lowest BCUT2D eigenvalue weighted by atomic mass is 10.0. The van der Waals surface area contributed by atoms with Gasteiger partial charge in [-0.1, -0.05) is 72.8 Å². The summed E-state index contributed by atoms with van der Waals surface area (Å²) in [6.07, 6.45) is 0.00705. The average Bonchev–Trinajstić information content (AvgIpc) is 2.83. The second kappa shape index (κ2) is 9.78. The van der Waals surface area contributed by atoms with Crippen molar-refractivity contribution in [2.45, 2.75) is 13.3 Å². The van der Waals surface area contributed by atoms with E-state index in [0.717, 1.165) is 21.9 Å². The van der Waals surface area contributed by atoms with Gasteiger partial charge in [-0.2, -0.15) is 5.10 Å². The van der Waals surface area contributed by atoms with Crippen molar-refractivity contribution >= 4 is 34.0 Å². The molecule has 6 heteroatoms. The quantitative estimate of drug-likeness (QED) is 0.281. The standard InChI is InChI=1S/C27H23N3O3/c1-18(29-30-27(33)23-16-20-11-5-6-12-21(20)17-25(23)31)15-26(32)28-24-14-8-7-13-22(24)19-9-3-2-4-10-19/h2-14,16-17,31H,15H2,1H3,(H,28,32)(H,30,33)/b29-18-. The van der Waals surface area contributed by atoms with Gasteiger partial charge in [0.15, 0.2) is 0 Å². The topological polar surface area (TPSA) is 90.8 Å². The maximum atomic E-state index is 12.6. The van der Waals surface area contributed by atoms with E-state index < -0.39 is 5.91 Å². The highest BCUT2D eigenvalue weighted by atomic mass is 16.3. The molecule has 2 amide bonds. The fourth-order valence-corrected chi connectivity index (χ4v) is 3.54. The van der Waals surface area contributed by atoms with Crippen LogP contribution in [0.3, 0.4) is 0 Å². The van der Waals surface area contributed by atoms with Gasteiger partial charge in [0, 0.05) is 17.0 Å². The molecule has 6 nitrogen and oxygen atoms in total. The van der Waals surface area contributed by atoms with Crippen LogP contribution in [0.4, 0.5) is 5.69 Å². The van der Waals surface area contributed by atoms with Gasteiger partial charge in [0.25, 0.3) is 5.91 Å². The van der Waals surface area contributed by atoms with E-state index in [1.807, 2.05) is 78.9 Å². The molecule has 0 bridgehead atoms. The summed E-state index contributed by atoms with van der Waals surface area (Å²) in [5, 5.41) is 18.8. The van der Waals surface area contributed by atoms with Crippen molar-refractivity contribution in [3.05, 3.63) is 96.6 Å². The normalized spacial score (nSPS) is 11.2. The molecule has 0 aromatic heterocycles. The number of fused-ring (bicyclic) bond motifs is 1. The number of carbonyl (C=O) groups is 2. The van der Waals surface area contributed by atoms with Gasteiger partial charge in [0.05, 0.1) is 12.0 Å². The molecular formula is C27H23N3O3. The fourth-order valence-electron chi connectivity index (χ4n) is 3.54. The van der Waals surface area contributed by atoms with E-state index in [4.69, 9.17) is 0 Å². The van der Waals surface area contributed by atoms with Crippen molar-refractivity contribution in [3.8, 4) is 16.9 Å². The first-order chi connectivity index (χ1) is 16.0. The van der Waals surface area contributed by atoms with Crippen LogP contribution in [0.25, 0.3) is 21.9 Å². The largest absolute Gasteiger partial charge is 0.507 e. The highest BCUT2D eigenvalue weighted by Crippen LogP contribution is 2.28. The summed E-state index contributed by atoms with van der Waals surface area (Å²) in [5.74, 6) is -0.927. The predicted molar refractivity (Wildman–Crippen MR) is 131 cm³/mol. The summed E-state index contributed by atoms with van der Waals surface area (Å²) in [7, 11) is 0. The van der Waals surface area contributed by atoms with Crippen LogP contribution < -0.4 is 10.7 Å². The molecule has 0 atom stereocenters. The molecule has 164 valence electrons. The van der Waals surface area contributed by atoms with Crippen molar-refractivity contribution in [3.63, 3.8) is 0 Å². The Morgan fingerprint density at radius 1 is 0.848 bits per heavy atom. The summed E-state index contributed by atoms with van der Waals surface area (Å²) in [6.45, 7) is 1.66. The molecule has 0 heterocycles. The maximum Gasteiger partial charge on any atom is 0.275 e. The number of hydrogen-bond donors (Lipinski definition) is 3. The molecule has 0 radical (unpaired) electrons. The highest BCUT2D eigenvalue weighted by molar-refractivity contribution is 6.07. The minimum Gasteiger partial charge on any atom is -0.507 e. The lowest BCUT2D eigenvalue weighted by molar-refractivity contribution is -0.115. The Bertz CT molecular complexity index is 1350. The van der Waals surface area contributed by atoms with Crippen molar-refractivity contribution in [2.24, 2.45) is 5.10 Å². The van der Waals surface area contributed by atoms with Crippen LogP contribution in [0.5, 0.6) is 5.75 Å². The van der Waals surface area contributed by atoms with Gasteiger partial charge in [-0.05, 0) is 41.5 Å². The molecular weight excluding hydrogens is 414 g/mol. The molecule has 4 aromatic rings. The number of benzene rings is 4. The fraction of sp³-hybridized carbons (Fsp3) is 0.0741. The summed E-state index contributed by atoms with van der Waals surface area (Å²) < 4.78 is 0. The number of phenolic OH excluding ortho intramolecular Hbond substituents is 1. The number of anilines is 1. The zero-order valence-corrected chi connectivity index (χ0v) is 18.1. The molecule has 33 heavy (non-hydrogen) atoms. The monoisotopic (exact) mass is 437 g/mol. The smallest absolute Gasteiger partial charge is 0.275 e. The van der Waals surface area contributed by atoms with E-state index in [2.05, 4.69) is 15.8 Å². The summed E-state index contributed by atoms with van der Waals surface area (Å²) >= 11 is 0. The molecule has 0 saturated carbocycles. The number of rotatable bonds is 6. The predicted octanol–water partition coefficient (Wildman–Crippen LogP) is 5.35. The SMILES string of the molecule is C/C(CC(=O)Nc1ccccc1-c1ccccc1)=N/NC(=O)c1cc2ccccc2cc1O. The lowest BCUT2D eigenvalue weighted by Gasteiger charge is -2.11. The number of hydrogen-bond acceptors (Lipinski definition) is 4. The third kappa shape index (κ3) is 5.25. The summed E-state index contributed by atoms with van der Waals surface area (Å²) in [6, 6.07) is 27.9. The number of phenols is 1. The van der Waals surface area contributed by atoms with E-state index in [0.29, 0.717) is 11.4 Å². The van der Waals surface area contributed by atoms with Crippen LogP contribution in [0, 0.1) is 0 Å². The zero-order valence-electron chi connectivity index (χ0n) is 18.1.